The predicted molar refractivity (Wildman–Crippen MR) is 77.7 cm³/mol. The average Bonchev–Trinajstić information content (AvgIpc) is 2.75. The van der Waals surface area contributed by atoms with Crippen molar-refractivity contribution in [3.8, 4) is 0 Å². The number of hydrogen-bond donors (Lipinski definition) is 1. The fraction of sp³-hybridized carbons (Fsp3) is 0.615. The van der Waals surface area contributed by atoms with E-state index >= 15 is 0 Å². The maximum atomic E-state index is 12.1. The van der Waals surface area contributed by atoms with Crippen LogP contribution in [0.5, 0.6) is 0 Å². The summed E-state index contributed by atoms with van der Waals surface area (Å²) in [7, 11) is 0. The number of carbonyl (C=O) groups is 2. The third kappa shape index (κ3) is 2.64. The molecule has 1 aliphatic heterocycles. The van der Waals surface area contributed by atoms with Crippen molar-refractivity contribution in [3.05, 3.63) is 15.9 Å². The average molecular weight is 343 g/mol. The van der Waals surface area contributed by atoms with E-state index < -0.39 is 6.04 Å². The maximum Gasteiger partial charge on any atom is 0.246 e. The van der Waals surface area contributed by atoms with Crippen molar-refractivity contribution in [1.82, 2.24) is 14.7 Å². The van der Waals surface area contributed by atoms with Gasteiger partial charge in [0.15, 0.2) is 0 Å². The Morgan fingerprint density at radius 1 is 1.40 bits per heavy atom. The lowest BCUT2D eigenvalue weighted by Crippen LogP contribution is -2.50. The van der Waals surface area contributed by atoms with Crippen molar-refractivity contribution < 1.29 is 9.59 Å². The lowest BCUT2D eigenvalue weighted by Gasteiger charge is -2.28. The molecule has 1 saturated heterocycles. The quantitative estimate of drug-likeness (QED) is 0.833. The van der Waals surface area contributed by atoms with Crippen LogP contribution in [0.2, 0.25) is 0 Å². The molecule has 2 rings (SSSR count). The minimum Gasteiger partial charge on any atom is -0.320 e. The standard InChI is InChI=1S/C13H19BrN4O2/c1-3-9-12(14)10(18(4-2)16-9)7-17-11(19)6-5-8(15)13(17)20/h8H,3-7,15H2,1-2H3. The highest BCUT2D eigenvalue weighted by molar-refractivity contribution is 9.10. The fourth-order valence-electron chi connectivity index (χ4n) is 2.34. The normalized spacial score (nSPS) is 19.8. The lowest BCUT2D eigenvalue weighted by atomic mass is 10.0. The number of aryl methyl sites for hydroxylation is 2. The van der Waals surface area contributed by atoms with E-state index in [2.05, 4.69) is 21.0 Å². The number of nitrogens with zero attached hydrogens (tertiary/aromatic N) is 3. The van der Waals surface area contributed by atoms with Gasteiger partial charge in [0.2, 0.25) is 11.8 Å². The Morgan fingerprint density at radius 3 is 2.70 bits per heavy atom. The largest absolute Gasteiger partial charge is 0.320 e. The summed E-state index contributed by atoms with van der Waals surface area (Å²) in [6.07, 6.45) is 1.55. The van der Waals surface area contributed by atoms with Gasteiger partial charge in [0.1, 0.15) is 0 Å². The van der Waals surface area contributed by atoms with Crippen molar-refractivity contribution in [2.24, 2.45) is 5.73 Å². The monoisotopic (exact) mass is 342 g/mol. The molecule has 1 aliphatic rings. The van der Waals surface area contributed by atoms with Gasteiger partial charge < -0.3 is 5.73 Å². The Bertz CT molecular complexity index is 541. The van der Waals surface area contributed by atoms with Crippen LogP contribution >= 0.6 is 15.9 Å². The molecule has 1 aromatic heterocycles. The summed E-state index contributed by atoms with van der Waals surface area (Å²) < 4.78 is 2.70. The number of amides is 2. The number of rotatable bonds is 4. The Labute approximate surface area is 126 Å². The molecule has 2 N–H and O–H groups in total. The van der Waals surface area contributed by atoms with E-state index in [9.17, 15) is 9.59 Å². The molecule has 0 spiro atoms. The minimum atomic E-state index is -0.574. The molecule has 1 fully saturated rings. The summed E-state index contributed by atoms with van der Waals surface area (Å²) >= 11 is 3.52. The Hall–Kier alpha value is -1.21. The van der Waals surface area contributed by atoms with Crippen LogP contribution in [0.25, 0.3) is 0 Å². The summed E-state index contributed by atoms with van der Waals surface area (Å²) in [6, 6.07) is -0.574. The van der Waals surface area contributed by atoms with Gasteiger partial charge in [0.05, 0.1) is 28.4 Å². The van der Waals surface area contributed by atoms with E-state index in [0.29, 0.717) is 19.4 Å². The zero-order valence-corrected chi connectivity index (χ0v) is 13.3. The number of halogens is 1. The fourth-order valence-corrected chi connectivity index (χ4v) is 3.03. The van der Waals surface area contributed by atoms with Gasteiger partial charge in [-0.2, -0.15) is 5.10 Å². The summed E-state index contributed by atoms with van der Waals surface area (Å²) in [6.45, 7) is 4.92. The van der Waals surface area contributed by atoms with Gasteiger partial charge in [0, 0.05) is 13.0 Å². The van der Waals surface area contributed by atoms with Gasteiger partial charge >= 0.3 is 0 Å². The zero-order valence-electron chi connectivity index (χ0n) is 11.7. The minimum absolute atomic E-state index is 0.162. The number of carbonyl (C=O) groups excluding carboxylic acids is 2. The second kappa shape index (κ2) is 6.05. The van der Waals surface area contributed by atoms with Crippen molar-refractivity contribution in [2.45, 2.75) is 52.2 Å². The number of aromatic nitrogens is 2. The van der Waals surface area contributed by atoms with Crippen LogP contribution in [-0.2, 0) is 29.1 Å². The Balaban J connectivity index is 2.31. The topological polar surface area (TPSA) is 81.2 Å². The van der Waals surface area contributed by atoms with Gasteiger partial charge in [-0.3, -0.25) is 19.2 Å². The SMILES string of the molecule is CCc1nn(CC)c(CN2C(=O)CCC(N)C2=O)c1Br. The summed E-state index contributed by atoms with van der Waals surface area (Å²) in [4.78, 5) is 25.3. The molecule has 0 saturated carbocycles. The molecule has 0 aliphatic carbocycles. The smallest absolute Gasteiger partial charge is 0.246 e. The molecule has 1 aromatic rings. The number of hydrogen-bond acceptors (Lipinski definition) is 4. The third-order valence-electron chi connectivity index (χ3n) is 3.56. The van der Waals surface area contributed by atoms with Gasteiger partial charge in [-0.05, 0) is 35.7 Å². The first-order valence-electron chi connectivity index (χ1n) is 6.83. The first kappa shape index (κ1) is 15.2. The van der Waals surface area contributed by atoms with Gasteiger partial charge in [0.25, 0.3) is 0 Å². The maximum absolute atomic E-state index is 12.1. The third-order valence-corrected chi connectivity index (χ3v) is 4.47. The first-order valence-corrected chi connectivity index (χ1v) is 7.62. The first-order chi connectivity index (χ1) is 9.49. The zero-order chi connectivity index (χ0) is 14.9. The van der Waals surface area contributed by atoms with E-state index in [-0.39, 0.29) is 18.4 Å². The van der Waals surface area contributed by atoms with Crippen molar-refractivity contribution in [1.29, 1.82) is 0 Å². The van der Waals surface area contributed by atoms with Crippen LogP contribution in [0.15, 0.2) is 4.47 Å². The number of nitrogens with two attached hydrogens (primary N) is 1. The van der Waals surface area contributed by atoms with Crippen LogP contribution in [-0.4, -0.2) is 32.5 Å². The Kier molecular flexibility index (Phi) is 4.59. The second-order valence-corrected chi connectivity index (χ2v) is 5.63. The molecule has 0 radical (unpaired) electrons. The summed E-state index contributed by atoms with van der Waals surface area (Å²) in [5, 5.41) is 4.47. The molecular weight excluding hydrogens is 324 g/mol. The summed E-state index contributed by atoms with van der Waals surface area (Å²) in [5.74, 6) is -0.458. The number of imide groups is 1. The molecule has 0 aromatic carbocycles. The molecule has 20 heavy (non-hydrogen) atoms. The predicted octanol–water partition coefficient (Wildman–Crippen LogP) is 1.20. The molecule has 2 amide bonds. The van der Waals surface area contributed by atoms with Crippen molar-refractivity contribution in [2.75, 3.05) is 0 Å². The molecule has 7 heteroatoms. The molecule has 6 nitrogen and oxygen atoms in total. The van der Waals surface area contributed by atoms with Crippen molar-refractivity contribution in [3.63, 3.8) is 0 Å². The molecule has 0 bridgehead atoms. The van der Waals surface area contributed by atoms with Gasteiger partial charge in [-0.15, -0.1) is 0 Å². The van der Waals surface area contributed by atoms with Crippen LogP contribution < -0.4 is 5.73 Å². The molecule has 2 heterocycles. The van der Waals surface area contributed by atoms with Crippen molar-refractivity contribution >= 4 is 27.7 Å². The molecule has 110 valence electrons. The van der Waals surface area contributed by atoms with Crippen LogP contribution in [0.4, 0.5) is 0 Å². The van der Waals surface area contributed by atoms with Crippen LogP contribution in [0.3, 0.4) is 0 Å². The number of piperidine rings is 1. The van der Waals surface area contributed by atoms with E-state index in [4.69, 9.17) is 5.73 Å². The highest BCUT2D eigenvalue weighted by Gasteiger charge is 2.33. The lowest BCUT2D eigenvalue weighted by molar-refractivity contribution is -0.150. The summed E-state index contributed by atoms with van der Waals surface area (Å²) in [5.41, 5.74) is 7.53. The van der Waals surface area contributed by atoms with Gasteiger partial charge in [-0.1, -0.05) is 6.92 Å². The Morgan fingerprint density at radius 2 is 2.10 bits per heavy atom. The van der Waals surface area contributed by atoms with E-state index in [0.717, 1.165) is 22.3 Å². The molecular formula is C13H19BrN4O2. The number of likely N-dealkylation sites (tertiary alicyclic amines) is 1. The van der Waals surface area contributed by atoms with Crippen LogP contribution in [0, 0.1) is 0 Å². The second-order valence-electron chi connectivity index (χ2n) is 4.84. The van der Waals surface area contributed by atoms with E-state index in [1.54, 1.807) is 0 Å². The highest BCUT2D eigenvalue weighted by atomic mass is 79.9. The van der Waals surface area contributed by atoms with Crippen LogP contribution in [0.1, 0.15) is 38.1 Å². The molecule has 1 atom stereocenters. The van der Waals surface area contributed by atoms with E-state index in [1.807, 2.05) is 18.5 Å². The van der Waals surface area contributed by atoms with E-state index in [1.165, 1.54) is 4.90 Å². The highest BCUT2D eigenvalue weighted by Crippen LogP contribution is 2.25. The molecule has 1 unspecified atom stereocenters. The van der Waals surface area contributed by atoms with Gasteiger partial charge in [-0.25, -0.2) is 0 Å².